The smallest absolute Gasteiger partial charge is 0.00172 e. The van der Waals surface area contributed by atoms with Gasteiger partial charge in [0, 0.05) is 5.25 Å². The highest BCUT2D eigenvalue weighted by Crippen LogP contribution is 2.35. The van der Waals surface area contributed by atoms with Gasteiger partial charge in [0.2, 0.25) is 0 Å². The van der Waals surface area contributed by atoms with E-state index in [1.165, 1.54) is 42.4 Å². The second kappa shape index (κ2) is 5.83. The van der Waals surface area contributed by atoms with Gasteiger partial charge in [-0.1, -0.05) is 54.6 Å². The van der Waals surface area contributed by atoms with Crippen molar-refractivity contribution in [3.8, 4) is 11.1 Å². The minimum absolute atomic E-state index is 0.625. The minimum atomic E-state index is 0.625. The molecule has 19 heavy (non-hydrogen) atoms. The summed E-state index contributed by atoms with van der Waals surface area (Å²) in [5.41, 5.74) is 4.11. The first kappa shape index (κ1) is 12.8. The summed E-state index contributed by atoms with van der Waals surface area (Å²) in [6.45, 7) is 0. The first-order valence-corrected chi connectivity index (χ1v) is 7.68. The predicted octanol–water partition coefficient (Wildman–Crippen LogP) is 5.31. The molecule has 1 fully saturated rings. The van der Waals surface area contributed by atoms with E-state index in [0.717, 1.165) is 5.92 Å². The average molecular weight is 268 g/mol. The van der Waals surface area contributed by atoms with Crippen LogP contribution in [0.5, 0.6) is 0 Å². The number of rotatable bonds is 2. The lowest BCUT2D eigenvalue weighted by Gasteiger charge is -2.26. The molecule has 0 N–H and O–H groups in total. The van der Waals surface area contributed by atoms with Gasteiger partial charge in [0.25, 0.3) is 0 Å². The van der Waals surface area contributed by atoms with Crippen LogP contribution in [0.1, 0.15) is 37.2 Å². The molecule has 0 radical (unpaired) electrons. The van der Waals surface area contributed by atoms with Crippen LogP contribution in [0.3, 0.4) is 0 Å². The third kappa shape index (κ3) is 3.03. The Bertz CT molecular complexity index is 507. The molecule has 0 aromatic heterocycles. The molecule has 0 aliphatic heterocycles. The van der Waals surface area contributed by atoms with Crippen molar-refractivity contribution in [1.29, 1.82) is 0 Å². The highest BCUT2D eigenvalue weighted by Gasteiger charge is 2.19. The molecule has 3 rings (SSSR count). The fraction of sp³-hybridized carbons (Fsp3) is 0.333. The van der Waals surface area contributed by atoms with E-state index < -0.39 is 0 Å². The van der Waals surface area contributed by atoms with Crippen molar-refractivity contribution in [1.82, 2.24) is 0 Å². The monoisotopic (exact) mass is 268 g/mol. The van der Waals surface area contributed by atoms with Crippen LogP contribution in [0.25, 0.3) is 11.1 Å². The van der Waals surface area contributed by atoms with Crippen molar-refractivity contribution >= 4 is 12.6 Å². The van der Waals surface area contributed by atoms with E-state index in [4.69, 9.17) is 0 Å². The number of thiol groups is 1. The Morgan fingerprint density at radius 2 is 1.26 bits per heavy atom. The van der Waals surface area contributed by atoms with Gasteiger partial charge in [-0.05, 0) is 48.3 Å². The molecule has 2 aromatic rings. The molecule has 0 saturated heterocycles. The minimum Gasteiger partial charge on any atom is -0.176 e. The molecule has 98 valence electrons. The molecule has 2 aromatic carbocycles. The lowest BCUT2D eigenvalue weighted by atomic mass is 9.83. The molecule has 0 amide bonds. The molecular weight excluding hydrogens is 248 g/mol. The summed E-state index contributed by atoms with van der Waals surface area (Å²) in [4.78, 5) is 0. The Morgan fingerprint density at radius 3 is 1.89 bits per heavy atom. The highest BCUT2D eigenvalue weighted by molar-refractivity contribution is 7.80. The van der Waals surface area contributed by atoms with Crippen LogP contribution in [0.2, 0.25) is 0 Å². The Labute approximate surface area is 121 Å². The van der Waals surface area contributed by atoms with E-state index in [-0.39, 0.29) is 0 Å². The first-order valence-electron chi connectivity index (χ1n) is 7.16. The SMILES string of the molecule is SC1CCC(c2ccc(-c3ccccc3)cc2)CC1. The quantitative estimate of drug-likeness (QED) is 0.701. The van der Waals surface area contributed by atoms with Crippen molar-refractivity contribution in [2.45, 2.75) is 36.9 Å². The van der Waals surface area contributed by atoms with E-state index in [0.29, 0.717) is 5.25 Å². The molecule has 0 spiro atoms. The summed E-state index contributed by atoms with van der Waals surface area (Å²) in [5.74, 6) is 0.744. The summed E-state index contributed by atoms with van der Waals surface area (Å²) < 4.78 is 0. The number of benzene rings is 2. The lowest BCUT2D eigenvalue weighted by Crippen LogP contribution is -2.12. The van der Waals surface area contributed by atoms with Gasteiger partial charge in [-0.25, -0.2) is 0 Å². The maximum Gasteiger partial charge on any atom is 0.00172 e. The van der Waals surface area contributed by atoms with Crippen LogP contribution in [0.15, 0.2) is 54.6 Å². The third-order valence-electron chi connectivity index (χ3n) is 4.19. The van der Waals surface area contributed by atoms with E-state index in [1.54, 1.807) is 0 Å². The summed E-state index contributed by atoms with van der Waals surface area (Å²) in [6, 6.07) is 19.7. The largest absolute Gasteiger partial charge is 0.176 e. The van der Waals surface area contributed by atoms with Crippen LogP contribution in [-0.4, -0.2) is 5.25 Å². The van der Waals surface area contributed by atoms with Crippen molar-refractivity contribution in [2.75, 3.05) is 0 Å². The molecule has 0 unspecified atom stereocenters. The van der Waals surface area contributed by atoms with Gasteiger partial charge in [-0.15, -0.1) is 0 Å². The Morgan fingerprint density at radius 1 is 0.684 bits per heavy atom. The second-order valence-corrected chi connectivity index (χ2v) is 6.22. The summed E-state index contributed by atoms with van der Waals surface area (Å²) in [7, 11) is 0. The van der Waals surface area contributed by atoms with Gasteiger partial charge < -0.3 is 0 Å². The summed E-state index contributed by atoms with van der Waals surface area (Å²) in [6.07, 6.45) is 5.10. The molecule has 0 heterocycles. The number of hydrogen-bond donors (Lipinski definition) is 1. The van der Waals surface area contributed by atoms with Gasteiger partial charge >= 0.3 is 0 Å². The highest BCUT2D eigenvalue weighted by atomic mass is 32.1. The maximum atomic E-state index is 4.58. The molecule has 1 heteroatoms. The molecule has 0 nitrogen and oxygen atoms in total. The fourth-order valence-corrected chi connectivity index (χ4v) is 3.29. The van der Waals surface area contributed by atoms with Crippen molar-refractivity contribution in [2.24, 2.45) is 0 Å². The zero-order chi connectivity index (χ0) is 13.1. The summed E-state index contributed by atoms with van der Waals surface area (Å²) >= 11 is 4.58. The van der Waals surface area contributed by atoms with Gasteiger partial charge in [-0.2, -0.15) is 12.6 Å². The second-order valence-electron chi connectivity index (χ2n) is 5.49. The van der Waals surface area contributed by atoms with E-state index in [9.17, 15) is 0 Å². The molecular formula is C18H20S. The predicted molar refractivity (Wildman–Crippen MR) is 85.9 cm³/mol. The Hall–Kier alpha value is -1.21. The first-order chi connectivity index (χ1) is 9.33. The Balaban J connectivity index is 1.76. The third-order valence-corrected chi connectivity index (χ3v) is 4.70. The van der Waals surface area contributed by atoms with Gasteiger partial charge in [0.1, 0.15) is 0 Å². The number of hydrogen-bond acceptors (Lipinski definition) is 1. The normalized spacial score (nSPS) is 23.2. The average Bonchev–Trinajstić information content (AvgIpc) is 2.49. The van der Waals surface area contributed by atoms with Gasteiger partial charge in [-0.3, -0.25) is 0 Å². The van der Waals surface area contributed by atoms with Gasteiger partial charge in [0.15, 0.2) is 0 Å². The molecule has 1 aliphatic carbocycles. The zero-order valence-electron chi connectivity index (χ0n) is 11.1. The topological polar surface area (TPSA) is 0 Å². The zero-order valence-corrected chi connectivity index (χ0v) is 12.0. The van der Waals surface area contributed by atoms with Crippen LogP contribution in [0, 0.1) is 0 Å². The Kier molecular flexibility index (Phi) is 3.93. The maximum absolute atomic E-state index is 4.58. The van der Waals surface area contributed by atoms with E-state index in [2.05, 4.69) is 67.2 Å². The van der Waals surface area contributed by atoms with Crippen molar-refractivity contribution in [3.63, 3.8) is 0 Å². The lowest BCUT2D eigenvalue weighted by molar-refractivity contribution is 0.455. The fourth-order valence-electron chi connectivity index (χ4n) is 2.99. The van der Waals surface area contributed by atoms with Crippen LogP contribution < -0.4 is 0 Å². The van der Waals surface area contributed by atoms with Crippen LogP contribution in [0.4, 0.5) is 0 Å². The molecule has 0 bridgehead atoms. The standard InChI is InChI=1S/C18H20S/c19-18-12-10-17(11-13-18)16-8-6-15(7-9-16)14-4-2-1-3-5-14/h1-9,17-19H,10-13H2. The van der Waals surface area contributed by atoms with E-state index in [1.807, 2.05) is 0 Å². The molecule has 1 saturated carbocycles. The van der Waals surface area contributed by atoms with Gasteiger partial charge in [0.05, 0.1) is 0 Å². The molecule has 0 atom stereocenters. The van der Waals surface area contributed by atoms with Crippen LogP contribution >= 0.6 is 12.6 Å². The summed E-state index contributed by atoms with van der Waals surface area (Å²) in [5, 5.41) is 0.625. The molecule has 1 aliphatic rings. The van der Waals surface area contributed by atoms with Crippen LogP contribution in [-0.2, 0) is 0 Å². The van der Waals surface area contributed by atoms with E-state index >= 15 is 0 Å². The van der Waals surface area contributed by atoms with Crippen molar-refractivity contribution in [3.05, 3.63) is 60.2 Å². The van der Waals surface area contributed by atoms with Crippen molar-refractivity contribution < 1.29 is 0 Å².